The van der Waals surface area contributed by atoms with E-state index in [1.807, 2.05) is 55.1 Å². The Balaban J connectivity index is 1.43. The maximum atomic E-state index is 12.8. The van der Waals surface area contributed by atoms with E-state index in [-0.39, 0.29) is 18.6 Å². The molecule has 1 saturated heterocycles. The molecule has 0 radical (unpaired) electrons. The lowest BCUT2D eigenvalue weighted by Crippen LogP contribution is -2.44. The molecule has 31 heavy (non-hydrogen) atoms. The molecule has 8 nitrogen and oxygen atoms in total. The zero-order valence-electron chi connectivity index (χ0n) is 18.1. The second-order valence-corrected chi connectivity index (χ2v) is 7.65. The Morgan fingerprint density at radius 3 is 2.81 bits per heavy atom. The van der Waals surface area contributed by atoms with Gasteiger partial charge in [-0.1, -0.05) is 18.2 Å². The van der Waals surface area contributed by atoms with Crippen LogP contribution in [0.15, 0.2) is 42.5 Å². The van der Waals surface area contributed by atoms with Crippen LogP contribution < -0.4 is 4.74 Å². The first-order valence-electron chi connectivity index (χ1n) is 10.4. The maximum absolute atomic E-state index is 12.8. The summed E-state index contributed by atoms with van der Waals surface area (Å²) in [5.41, 5.74) is 2.92. The third-order valence-electron chi connectivity index (χ3n) is 5.34. The molecule has 2 aromatic heterocycles. The molecular formula is C23H27N5O3. The Bertz CT molecular complexity index is 1060. The Morgan fingerprint density at radius 1 is 1.19 bits per heavy atom. The van der Waals surface area contributed by atoms with Gasteiger partial charge in [0, 0.05) is 18.7 Å². The number of hydrogen-bond acceptors (Lipinski definition) is 6. The molecule has 1 aliphatic rings. The van der Waals surface area contributed by atoms with E-state index in [4.69, 9.17) is 14.5 Å². The number of ether oxygens (including phenoxy) is 2. The van der Waals surface area contributed by atoms with Gasteiger partial charge in [0.1, 0.15) is 30.0 Å². The number of aryl methyl sites for hydroxylation is 2. The summed E-state index contributed by atoms with van der Waals surface area (Å²) >= 11 is 0. The second-order valence-electron chi connectivity index (χ2n) is 7.65. The van der Waals surface area contributed by atoms with Crippen molar-refractivity contribution in [3.63, 3.8) is 0 Å². The highest BCUT2D eigenvalue weighted by Crippen LogP contribution is 2.22. The highest BCUT2D eigenvalue weighted by molar-refractivity contribution is 5.76. The zero-order chi connectivity index (χ0) is 21.8. The first kappa shape index (κ1) is 21.0. The van der Waals surface area contributed by atoms with Crippen LogP contribution in [-0.4, -0.2) is 57.4 Å². The number of rotatable bonds is 6. The summed E-state index contributed by atoms with van der Waals surface area (Å²) in [4.78, 5) is 23.7. The Hall–Kier alpha value is -3.26. The number of nitrogens with zero attached hydrogens (tertiary/aromatic N) is 5. The molecule has 1 unspecified atom stereocenters. The number of pyridine rings is 1. The maximum Gasteiger partial charge on any atom is 0.244 e. The van der Waals surface area contributed by atoms with Crippen LogP contribution >= 0.6 is 0 Å². The minimum absolute atomic E-state index is 0.00818. The summed E-state index contributed by atoms with van der Waals surface area (Å²) in [5.74, 6) is 2.25. The van der Waals surface area contributed by atoms with Crippen LogP contribution in [0.2, 0.25) is 0 Å². The van der Waals surface area contributed by atoms with Crippen molar-refractivity contribution in [2.45, 2.75) is 32.9 Å². The van der Waals surface area contributed by atoms with Gasteiger partial charge in [-0.05, 0) is 43.7 Å². The topological polar surface area (TPSA) is 82.4 Å². The summed E-state index contributed by atoms with van der Waals surface area (Å²) in [6, 6.07) is 13.9. The number of hydrogen-bond donors (Lipinski definition) is 0. The van der Waals surface area contributed by atoms with E-state index in [0.29, 0.717) is 31.9 Å². The third kappa shape index (κ3) is 5.08. The van der Waals surface area contributed by atoms with E-state index in [2.05, 4.69) is 16.1 Å². The first-order valence-corrected chi connectivity index (χ1v) is 10.4. The average Bonchev–Trinajstić information content (AvgIpc) is 3.10. The molecule has 1 aliphatic heterocycles. The Kier molecular flexibility index (Phi) is 6.27. The Labute approximate surface area is 181 Å². The van der Waals surface area contributed by atoms with Crippen molar-refractivity contribution >= 4 is 5.91 Å². The van der Waals surface area contributed by atoms with Crippen LogP contribution in [-0.2, 0) is 22.5 Å². The molecule has 1 atom stereocenters. The van der Waals surface area contributed by atoms with Gasteiger partial charge in [-0.3, -0.25) is 9.78 Å². The lowest BCUT2D eigenvalue weighted by molar-refractivity contribution is -0.140. The fraction of sp³-hybridized carbons (Fsp3) is 0.391. The van der Waals surface area contributed by atoms with E-state index in [1.165, 1.54) is 0 Å². The number of amides is 1. The number of methoxy groups -OCH3 is 1. The second kappa shape index (κ2) is 9.26. The zero-order valence-corrected chi connectivity index (χ0v) is 18.1. The van der Waals surface area contributed by atoms with Gasteiger partial charge in [0.2, 0.25) is 5.91 Å². The molecule has 162 valence electrons. The Morgan fingerprint density at radius 2 is 2.03 bits per heavy atom. The van der Waals surface area contributed by atoms with Crippen LogP contribution in [0.3, 0.4) is 0 Å². The molecule has 4 rings (SSSR count). The number of carbonyl (C=O) groups excluding carboxylic acids is 1. The summed E-state index contributed by atoms with van der Waals surface area (Å²) in [6.45, 7) is 5.37. The summed E-state index contributed by atoms with van der Waals surface area (Å²) in [5, 5.41) is 4.29. The monoisotopic (exact) mass is 421 g/mol. The quantitative estimate of drug-likeness (QED) is 0.608. The minimum atomic E-state index is -0.249. The summed E-state index contributed by atoms with van der Waals surface area (Å²) in [6.07, 6.45) is 0.451. The molecule has 1 fully saturated rings. The summed E-state index contributed by atoms with van der Waals surface area (Å²) < 4.78 is 12.9. The van der Waals surface area contributed by atoms with Gasteiger partial charge >= 0.3 is 0 Å². The molecule has 1 aromatic carbocycles. The molecule has 3 heterocycles. The fourth-order valence-electron chi connectivity index (χ4n) is 3.76. The van der Waals surface area contributed by atoms with Gasteiger partial charge in [0.05, 0.1) is 26.0 Å². The molecule has 0 aliphatic carbocycles. The van der Waals surface area contributed by atoms with Crippen LogP contribution in [0, 0.1) is 13.8 Å². The number of carbonyl (C=O) groups is 1. The first-order chi connectivity index (χ1) is 15.0. The predicted molar refractivity (Wildman–Crippen MR) is 115 cm³/mol. The molecule has 1 amide bonds. The van der Waals surface area contributed by atoms with Crippen molar-refractivity contribution < 1.29 is 14.3 Å². The molecule has 0 N–H and O–H groups in total. The number of aromatic nitrogens is 4. The molecule has 8 heteroatoms. The highest BCUT2D eigenvalue weighted by Gasteiger charge is 2.27. The molecule has 3 aromatic rings. The van der Waals surface area contributed by atoms with Crippen molar-refractivity contribution in [3.05, 3.63) is 71.1 Å². The van der Waals surface area contributed by atoms with Gasteiger partial charge in [0.25, 0.3) is 0 Å². The van der Waals surface area contributed by atoms with Crippen molar-refractivity contribution in [2.24, 2.45) is 0 Å². The highest BCUT2D eigenvalue weighted by atomic mass is 16.5. The molecule has 0 saturated carbocycles. The number of morpholine rings is 1. The van der Waals surface area contributed by atoms with Crippen molar-refractivity contribution in [2.75, 3.05) is 26.8 Å². The van der Waals surface area contributed by atoms with Crippen molar-refractivity contribution in [1.82, 2.24) is 24.6 Å². The molecule has 0 spiro atoms. The van der Waals surface area contributed by atoms with Gasteiger partial charge in [-0.25, -0.2) is 9.67 Å². The van der Waals surface area contributed by atoms with E-state index in [9.17, 15) is 4.79 Å². The smallest absolute Gasteiger partial charge is 0.244 e. The van der Waals surface area contributed by atoms with Gasteiger partial charge < -0.3 is 14.4 Å². The molecular weight excluding hydrogens is 394 g/mol. The van der Waals surface area contributed by atoms with Crippen LogP contribution in [0.1, 0.15) is 34.7 Å². The van der Waals surface area contributed by atoms with Crippen molar-refractivity contribution in [3.8, 4) is 5.75 Å². The normalized spacial score (nSPS) is 16.4. The van der Waals surface area contributed by atoms with Crippen LogP contribution in [0.4, 0.5) is 0 Å². The standard InChI is InChI=1S/C23H27N5O3/c1-16-24-17(2)28(26-16)15-23(29)27-10-11-31-22(14-27)21-9-5-7-19(25-21)12-18-6-4-8-20(13-18)30-3/h4-9,13,22H,10-12,14-15H2,1-3H3. The largest absolute Gasteiger partial charge is 0.497 e. The van der Waals surface area contributed by atoms with Gasteiger partial charge in [-0.2, -0.15) is 5.10 Å². The average molecular weight is 422 g/mol. The van der Waals surface area contributed by atoms with Gasteiger partial charge in [0.15, 0.2) is 0 Å². The van der Waals surface area contributed by atoms with E-state index < -0.39 is 0 Å². The molecule has 0 bridgehead atoms. The predicted octanol–water partition coefficient (Wildman–Crippen LogP) is 2.49. The summed E-state index contributed by atoms with van der Waals surface area (Å²) in [7, 11) is 1.66. The van der Waals surface area contributed by atoms with Crippen LogP contribution in [0.5, 0.6) is 5.75 Å². The number of benzene rings is 1. The lowest BCUT2D eigenvalue weighted by atomic mass is 10.1. The van der Waals surface area contributed by atoms with Gasteiger partial charge in [-0.15, -0.1) is 0 Å². The van der Waals surface area contributed by atoms with E-state index >= 15 is 0 Å². The third-order valence-corrected chi connectivity index (χ3v) is 5.34. The SMILES string of the molecule is COc1cccc(Cc2cccc(C3CN(C(=O)Cn4nc(C)nc4C)CCO3)n2)c1. The fourth-order valence-corrected chi connectivity index (χ4v) is 3.76. The lowest BCUT2D eigenvalue weighted by Gasteiger charge is -2.32. The van der Waals surface area contributed by atoms with E-state index in [0.717, 1.165) is 28.5 Å². The van der Waals surface area contributed by atoms with Crippen LogP contribution in [0.25, 0.3) is 0 Å². The van der Waals surface area contributed by atoms with Crippen molar-refractivity contribution in [1.29, 1.82) is 0 Å². The van der Waals surface area contributed by atoms with E-state index in [1.54, 1.807) is 11.8 Å². The minimum Gasteiger partial charge on any atom is -0.497 e.